The third-order valence-electron chi connectivity index (χ3n) is 5.93. The van der Waals surface area contributed by atoms with Crippen LogP contribution in [0, 0.1) is 12.7 Å². The van der Waals surface area contributed by atoms with Crippen LogP contribution in [0.4, 0.5) is 4.39 Å². The predicted octanol–water partition coefficient (Wildman–Crippen LogP) is 3.91. The molecule has 0 amide bonds. The average Bonchev–Trinajstić information content (AvgIpc) is 3.22. The number of H-pyrrole nitrogens is 1. The van der Waals surface area contributed by atoms with E-state index in [1.165, 1.54) is 32.2 Å². The lowest BCUT2D eigenvalue weighted by Gasteiger charge is -2.26. The maximum Gasteiger partial charge on any atom is 0.434 e. The molecule has 3 atom stereocenters. The highest BCUT2D eigenvalue weighted by Crippen LogP contribution is 2.40. The fourth-order valence-corrected chi connectivity index (χ4v) is 5.95. The molecule has 0 bridgehead atoms. The van der Waals surface area contributed by atoms with Crippen LogP contribution in [0.5, 0.6) is 5.75 Å². The fraction of sp³-hybridized carbons (Fsp3) is 0.391. The van der Waals surface area contributed by atoms with Crippen molar-refractivity contribution in [1.29, 1.82) is 0 Å². The maximum atomic E-state index is 15.0. The van der Waals surface area contributed by atoms with Crippen LogP contribution in [0.1, 0.15) is 67.0 Å². The van der Waals surface area contributed by atoms with Gasteiger partial charge in [0.05, 0.1) is 18.2 Å². The molecule has 1 heterocycles. The smallest absolute Gasteiger partial charge is 0.434 e. The molecule has 190 valence electrons. The molecule has 0 aliphatic rings. The molecule has 3 rings (SSSR count). The van der Waals surface area contributed by atoms with Crippen LogP contribution in [-0.2, 0) is 16.4 Å². The van der Waals surface area contributed by atoms with Gasteiger partial charge in [0, 0.05) is 11.5 Å². The Morgan fingerprint density at radius 1 is 1.26 bits per heavy atom. The number of aryl methyl sites for hydroxylation is 1. The third kappa shape index (κ3) is 5.27. The molecular weight excluding hydrogens is 501 g/mol. The summed E-state index contributed by atoms with van der Waals surface area (Å²) in [6.45, 7) is 6.70. The van der Waals surface area contributed by atoms with Gasteiger partial charge >= 0.3 is 5.76 Å². The van der Waals surface area contributed by atoms with Crippen molar-refractivity contribution in [3.05, 3.63) is 73.8 Å². The number of aliphatic hydroxyl groups is 1. The number of aromatic amines is 1. The van der Waals surface area contributed by atoms with Crippen LogP contribution in [0.2, 0.25) is 5.02 Å². The highest BCUT2D eigenvalue weighted by Gasteiger charge is 2.35. The molecule has 3 unspecified atom stereocenters. The second-order valence-corrected chi connectivity index (χ2v) is 10.2. The monoisotopic (exact) mass is 527 g/mol. The summed E-state index contributed by atoms with van der Waals surface area (Å²) < 4.78 is 54.9. The summed E-state index contributed by atoms with van der Waals surface area (Å²) in [5, 5.41) is 16.2. The Balaban J connectivity index is 2.17. The summed E-state index contributed by atoms with van der Waals surface area (Å²) in [7, 11) is -3.14. The number of aliphatic hydroxyl groups excluding tert-OH is 1. The van der Waals surface area contributed by atoms with Gasteiger partial charge in [-0.1, -0.05) is 31.5 Å². The summed E-state index contributed by atoms with van der Waals surface area (Å²) in [6.07, 6.45) is -0.482. The van der Waals surface area contributed by atoms with Crippen LogP contribution >= 0.6 is 11.6 Å². The highest BCUT2D eigenvalue weighted by molar-refractivity contribution is 7.89. The second-order valence-electron chi connectivity index (χ2n) is 8.11. The number of hydrogen-bond acceptors (Lipinski definition) is 7. The van der Waals surface area contributed by atoms with E-state index in [9.17, 15) is 22.7 Å². The molecule has 35 heavy (non-hydrogen) atoms. The van der Waals surface area contributed by atoms with Crippen molar-refractivity contribution >= 4 is 21.6 Å². The Hall–Kier alpha value is -2.73. The number of ether oxygens (including phenoxy) is 1. The standard InChI is InChI=1S/C23H27ClFN3O6S/c1-6-14-7-9-16(25)18(11(14)2)12(3)20(22-26-27-23(30)34-22)28-35(31,32)17-10-8-15(24)19(13(4)29)21(17)33-5/h7-10,12-13,20,28-29H,6H2,1-5H3,(H,27,30). The minimum atomic E-state index is -4.39. The molecule has 1 aromatic heterocycles. The molecule has 0 aliphatic heterocycles. The van der Waals surface area contributed by atoms with Gasteiger partial charge in [-0.2, -0.15) is 4.72 Å². The molecular formula is C23H27ClFN3O6S. The first-order chi connectivity index (χ1) is 16.4. The Labute approximate surface area is 207 Å². The molecule has 0 fully saturated rings. The lowest BCUT2D eigenvalue weighted by molar-refractivity contribution is 0.193. The first-order valence-corrected chi connectivity index (χ1v) is 12.7. The lowest BCUT2D eigenvalue weighted by atomic mass is 9.87. The maximum absolute atomic E-state index is 15.0. The summed E-state index contributed by atoms with van der Waals surface area (Å²) in [6, 6.07) is 4.27. The molecule has 2 aromatic carbocycles. The van der Waals surface area contributed by atoms with Crippen molar-refractivity contribution in [2.24, 2.45) is 0 Å². The highest BCUT2D eigenvalue weighted by atomic mass is 35.5. The summed E-state index contributed by atoms with van der Waals surface area (Å²) in [5.74, 6) is -2.68. The van der Waals surface area contributed by atoms with Crippen molar-refractivity contribution in [3.8, 4) is 5.75 Å². The van der Waals surface area contributed by atoms with E-state index in [0.29, 0.717) is 12.0 Å². The van der Waals surface area contributed by atoms with Gasteiger partial charge < -0.3 is 14.3 Å². The van der Waals surface area contributed by atoms with Crippen molar-refractivity contribution < 1.29 is 27.1 Å². The van der Waals surface area contributed by atoms with Crippen LogP contribution < -0.4 is 15.2 Å². The molecule has 3 aromatic rings. The Kier molecular flexibility index (Phi) is 8.05. The van der Waals surface area contributed by atoms with Crippen molar-refractivity contribution in [2.75, 3.05) is 7.11 Å². The van der Waals surface area contributed by atoms with Gasteiger partial charge in [-0.15, -0.1) is 5.10 Å². The number of halogens is 2. The average molecular weight is 528 g/mol. The van der Waals surface area contributed by atoms with E-state index in [1.807, 2.05) is 6.92 Å². The molecule has 3 N–H and O–H groups in total. The molecule has 0 radical (unpaired) electrons. The zero-order valence-electron chi connectivity index (χ0n) is 19.8. The SMILES string of the molecule is CCc1ccc(F)c(C(C)C(NS(=O)(=O)c2ccc(Cl)c(C(C)O)c2OC)c2n[nH]c(=O)o2)c1C. The number of aromatic nitrogens is 2. The van der Waals surface area contributed by atoms with Gasteiger partial charge in [-0.3, -0.25) is 0 Å². The number of benzene rings is 2. The lowest BCUT2D eigenvalue weighted by Crippen LogP contribution is -2.33. The van der Waals surface area contributed by atoms with Crippen LogP contribution in [0.3, 0.4) is 0 Å². The minimum Gasteiger partial charge on any atom is -0.495 e. The zero-order chi connectivity index (χ0) is 26.1. The van der Waals surface area contributed by atoms with Crippen LogP contribution in [-0.4, -0.2) is 30.8 Å². The largest absolute Gasteiger partial charge is 0.495 e. The van der Waals surface area contributed by atoms with E-state index in [1.54, 1.807) is 19.9 Å². The van der Waals surface area contributed by atoms with E-state index in [0.717, 1.165) is 5.56 Å². The Morgan fingerprint density at radius 3 is 2.49 bits per heavy atom. The Morgan fingerprint density at radius 2 is 1.94 bits per heavy atom. The third-order valence-corrected chi connectivity index (χ3v) is 7.73. The van der Waals surface area contributed by atoms with Crippen molar-refractivity contribution in [3.63, 3.8) is 0 Å². The summed E-state index contributed by atoms with van der Waals surface area (Å²) in [4.78, 5) is 11.4. The van der Waals surface area contributed by atoms with Gasteiger partial charge in [-0.05, 0) is 55.2 Å². The van der Waals surface area contributed by atoms with E-state index in [4.69, 9.17) is 20.8 Å². The molecule has 12 heteroatoms. The number of nitrogens with one attached hydrogen (secondary N) is 2. The van der Waals surface area contributed by atoms with Gasteiger partial charge in [0.1, 0.15) is 22.5 Å². The molecule has 0 saturated heterocycles. The first-order valence-electron chi connectivity index (χ1n) is 10.8. The first kappa shape index (κ1) is 26.9. The summed E-state index contributed by atoms with van der Waals surface area (Å²) in [5.41, 5.74) is 1.89. The normalized spacial score (nSPS) is 14.5. The fourth-order valence-electron chi connectivity index (χ4n) is 4.19. The number of nitrogens with zero attached hydrogens (tertiary/aromatic N) is 1. The van der Waals surface area contributed by atoms with Gasteiger partial charge in [-0.25, -0.2) is 22.7 Å². The number of sulfonamides is 1. The quantitative estimate of drug-likeness (QED) is 0.384. The van der Waals surface area contributed by atoms with Crippen molar-refractivity contribution in [1.82, 2.24) is 14.9 Å². The van der Waals surface area contributed by atoms with Gasteiger partial charge in [0.25, 0.3) is 0 Å². The van der Waals surface area contributed by atoms with Crippen LogP contribution in [0.15, 0.2) is 38.4 Å². The molecule has 0 saturated carbocycles. The van der Waals surface area contributed by atoms with E-state index in [2.05, 4.69) is 14.9 Å². The van der Waals surface area contributed by atoms with Crippen molar-refractivity contribution in [2.45, 2.75) is 57.1 Å². The van der Waals surface area contributed by atoms with E-state index < -0.39 is 39.7 Å². The minimum absolute atomic E-state index is 0.0884. The topological polar surface area (TPSA) is 135 Å². The predicted molar refractivity (Wildman–Crippen MR) is 128 cm³/mol. The number of rotatable bonds is 9. The number of methoxy groups -OCH3 is 1. The van der Waals surface area contributed by atoms with E-state index in [-0.39, 0.29) is 32.7 Å². The van der Waals surface area contributed by atoms with Gasteiger partial charge in [0.2, 0.25) is 15.9 Å². The zero-order valence-corrected chi connectivity index (χ0v) is 21.4. The Bertz CT molecular complexity index is 1390. The summed E-state index contributed by atoms with van der Waals surface area (Å²) >= 11 is 6.16. The number of hydrogen-bond donors (Lipinski definition) is 3. The molecule has 0 aliphatic carbocycles. The molecule has 9 nitrogen and oxygen atoms in total. The van der Waals surface area contributed by atoms with E-state index >= 15 is 0 Å². The second kappa shape index (κ2) is 10.5. The van der Waals surface area contributed by atoms with Gasteiger partial charge in [0.15, 0.2) is 0 Å². The van der Waals surface area contributed by atoms with Crippen LogP contribution in [0.25, 0.3) is 0 Å². The molecule has 0 spiro atoms.